The zero-order chi connectivity index (χ0) is 16.6. The molecule has 4 heteroatoms. The van der Waals surface area contributed by atoms with Crippen LogP contribution in [0.15, 0.2) is 30.5 Å². The van der Waals surface area contributed by atoms with Crippen molar-refractivity contribution in [1.82, 2.24) is 15.6 Å². The Morgan fingerprint density at radius 2 is 1.88 bits per heavy atom. The van der Waals surface area contributed by atoms with E-state index in [2.05, 4.69) is 40.0 Å². The van der Waals surface area contributed by atoms with Crippen molar-refractivity contribution in [2.75, 3.05) is 13.1 Å². The highest BCUT2D eigenvalue weighted by molar-refractivity contribution is 5.83. The predicted octanol–water partition coefficient (Wildman–Crippen LogP) is 3.53. The van der Waals surface area contributed by atoms with Crippen molar-refractivity contribution in [1.29, 1.82) is 0 Å². The molecule has 1 aromatic carbocycles. The lowest BCUT2D eigenvalue weighted by atomic mass is 10.1. The van der Waals surface area contributed by atoms with E-state index in [1.54, 1.807) is 0 Å². The molecule has 0 saturated heterocycles. The van der Waals surface area contributed by atoms with Gasteiger partial charge in [-0.3, -0.25) is 4.79 Å². The van der Waals surface area contributed by atoms with Gasteiger partial charge in [0.2, 0.25) is 5.91 Å². The summed E-state index contributed by atoms with van der Waals surface area (Å²) in [6, 6.07) is 8.79. The molecule has 4 nitrogen and oxygen atoms in total. The van der Waals surface area contributed by atoms with Crippen LogP contribution in [0.2, 0.25) is 0 Å². The molecule has 0 bridgehead atoms. The molecule has 3 rings (SSSR count). The zero-order valence-electron chi connectivity index (χ0n) is 14.4. The van der Waals surface area contributed by atoms with E-state index in [1.807, 2.05) is 6.07 Å². The van der Waals surface area contributed by atoms with Crippen LogP contribution < -0.4 is 10.6 Å². The van der Waals surface area contributed by atoms with Crippen LogP contribution in [0.5, 0.6) is 0 Å². The third kappa shape index (κ3) is 4.84. The minimum absolute atomic E-state index is 0.196. The van der Waals surface area contributed by atoms with Crippen LogP contribution in [0.25, 0.3) is 10.9 Å². The molecular formula is C20H29N3O. The van der Waals surface area contributed by atoms with Crippen LogP contribution in [0.1, 0.15) is 50.5 Å². The highest BCUT2D eigenvalue weighted by Crippen LogP contribution is 2.18. The number of benzene rings is 1. The molecule has 1 aliphatic rings. The number of hydrogen-bond donors (Lipinski definition) is 3. The summed E-state index contributed by atoms with van der Waals surface area (Å²) in [6.07, 6.45) is 11.1. The van der Waals surface area contributed by atoms with Crippen molar-refractivity contribution >= 4 is 16.8 Å². The lowest BCUT2D eigenvalue weighted by Crippen LogP contribution is -2.36. The van der Waals surface area contributed by atoms with Crippen molar-refractivity contribution < 1.29 is 4.79 Å². The number of hydrogen-bond acceptors (Lipinski definition) is 2. The molecule has 0 spiro atoms. The molecule has 1 aliphatic carbocycles. The average Bonchev–Trinajstić information content (AvgIpc) is 2.82. The lowest BCUT2D eigenvalue weighted by Gasteiger charge is -2.16. The molecule has 0 unspecified atom stereocenters. The Labute approximate surface area is 144 Å². The maximum Gasteiger partial charge on any atom is 0.221 e. The number of aromatic amines is 1. The second-order valence-electron chi connectivity index (χ2n) is 6.87. The van der Waals surface area contributed by atoms with Crippen molar-refractivity contribution in [2.45, 2.75) is 57.4 Å². The average molecular weight is 327 g/mol. The van der Waals surface area contributed by atoms with Gasteiger partial charge in [-0.25, -0.2) is 0 Å². The van der Waals surface area contributed by atoms with Gasteiger partial charge in [-0.15, -0.1) is 0 Å². The Kier molecular flexibility index (Phi) is 6.30. The summed E-state index contributed by atoms with van der Waals surface area (Å²) in [5.74, 6) is 0.196. The third-order valence-corrected chi connectivity index (χ3v) is 5.00. The second-order valence-corrected chi connectivity index (χ2v) is 6.87. The Morgan fingerprint density at radius 1 is 1.08 bits per heavy atom. The molecule has 1 saturated carbocycles. The number of amides is 1. The van der Waals surface area contributed by atoms with Gasteiger partial charge in [-0.05, 0) is 37.4 Å². The first kappa shape index (κ1) is 17.0. The van der Waals surface area contributed by atoms with E-state index in [0.29, 0.717) is 12.5 Å². The molecule has 1 amide bonds. The van der Waals surface area contributed by atoms with E-state index in [-0.39, 0.29) is 5.91 Å². The summed E-state index contributed by atoms with van der Waals surface area (Å²) in [7, 11) is 0. The van der Waals surface area contributed by atoms with Crippen LogP contribution in [-0.4, -0.2) is 30.0 Å². The molecule has 24 heavy (non-hydrogen) atoms. The normalized spacial score (nSPS) is 16.2. The Balaban J connectivity index is 1.32. The second kappa shape index (κ2) is 8.88. The maximum absolute atomic E-state index is 12.0. The van der Waals surface area contributed by atoms with Gasteiger partial charge in [0.25, 0.3) is 0 Å². The molecule has 2 aromatic rings. The summed E-state index contributed by atoms with van der Waals surface area (Å²) >= 11 is 0. The molecule has 0 aliphatic heterocycles. The largest absolute Gasteiger partial charge is 0.361 e. The lowest BCUT2D eigenvalue weighted by molar-refractivity contribution is -0.121. The summed E-state index contributed by atoms with van der Waals surface area (Å²) < 4.78 is 0. The minimum Gasteiger partial charge on any atom is -0.361 e. The van der Waals surface area contributed by atoms with Gasteiger partial charge in [-0.1, -0.05) is 43.9 Å². The summed E-state index contributed by atoms with van der Waals surface area (Å²) in [5.41, 5.74) is 2.52. The van der Waals surface area contributed by atoms with Gasteiger partial charge in [0.05, 0.1) is 0 Å². The first-order chi connectivity index (χ1) is 11.8. The maximum atomic E-state index is 12.0. The number of aromatic nitrogens is 1. The van der Waals surface area contributed by atoms with E-state index in [9.17, 15) is 4.79 Å². The van der Waals surface area contributed by atoms with Crippen LogP contribution >= 0.6 is 0 Å². The minimum atomic E-state index is 0.196. The van der Waals surface area contributed by atoms with E-state index in [4.69, 9.17) is 0 Å². The SMILES string of the molecule is O=C(CCNCCc1c[nH]c2ccccc12)NC1CCCCCC1. The van der Waals surface area contributed by atoms with Gasteiger partial charge in [-0.2, -0.15) is 0 Å². The number of rotatable bonds is 7. The zero-order valence-corrected chi connectivity index (χ0v) is 14.4. The molecule has 3 N–H and O–H groups in total. The molecule has 1 fully saturated rings. The number of H-pyrrole nitrogens is 1. The fraction of sp³-hybridized carbons (Fsp3) is 0.550. The number of nitrogens with one attached hydrogen (secondary N) is 3. The Morgan fingerprint density at radius 3 is 2.71 bits per heavy atom. The van der Waals surface area contributed by atoms with Crippen LogP contribution in [0.4, 0.5) is 0 Å². The van der Waals surface area contributed by atoms with E-state index in [1.165, 1.54) is 42.1 Å². The standard InChI is InChI=1S/C20H29N3O/c24-20(23-17-7-3-1-2-4-8-17)12-14-21-13-11-16-15-22-19-10-6-5-9-18(16)19/h5-6,9-10,15,17,21-22H,1-4,7-8,11-14H2,(H,23,24). The molecular weight excluding hydrogens is 298 g/mol. The summed E-state index contributed by atoms with van der Waals surface area (Å²) in [4.78, 5) is 15.3. The first-order valence-corrected chi connectivity index (χ1v) is 9.38. The molecule has 130 valence electrons. The fourth-order valence-electron chi connectivity index (χ4n) is 3.61. The topological polar surface area (TPSA) is 56.9 Å². The smallest absolute Gasteiger partial charge is 0.221 e. The quantitative estimate of drug-likeness (QED) is 0.538. The first-order valence-electron chi connectivity index (χ1n) is 9.38. The van der Waals surface area contributed by atoms with Crippen LogP contribution in [0, 0.1) is 0 Å². The number of para-hydroxylation sites is 1. The molecule has 0 radical (unpaired) electrons. The third-order valence-electron chi connectivity index (χ3n) is 5.00. The molecule has 1 heterocycles. The monoisotopic (exact) mass is 327 g/mol. The Hall–Kier alpha value is -1.81. The fourth-order valence-corrected chi connectivity index (χ4v) is 3.61. The highest BCUT2D eigenvalue weighted by Gasteiger charge is 2.14. The highest BCUT2D eigenvalue weighted by atomic mass is 16.1. The van der Waals surface area contributed by atoms with Crippen molar-refractivity contribution in [3.8, 4) is 0 Å². The van der Waals surface area contributed by atoms with Crippen LogP contribution in [0.3, 0.4) is 0 Å². The molecule has 0 atom stereocenters. The molecule has 1 aromatic heterocycles. The van der Waals surface area contributed by atoms with Crippen molar-refractivity contribution in [3.63, 3.8) is 0 Å². The van der Waals surface area contributed by atoms with Crippen molar-refractivity contribution in [2.24, 2.45) is 0 Å². The summed E-state index contributed by atoms with van der Waals surface area (Å²) in [5, 5.41) is 7.89. The van der Waals surface area contributed by atoms with Gasteiger partial charge >= 0.3 is 0 Å². The number of fused-ring (bicyclic) bond motifs is 1. The van der Waals surface area contributed by atoms with Gasteiger partial charge in [0, 0.05) is 36.1 Å². The van der Waals surface area contributed by atoms with E-state index >= 15 is 0 Å². The van der Waals surface area contributed by atoms with Crippen molar-refractivity contribution in [3.05, 3.63) is 36.0 Å². The van der Waals surface area contributed by atoms with Gasteiger partial charge < -0.3 is 15.6 Å². The number of carbonyl (C=O) groups excluding carboxylic acids is 1. The summed E-state index contributed by atoms with van der Waals surface area (Å²) in [6.45, 7) is 1.65. The van der Waals surface area contributed by atoms with Gasteiger partial charge in [0.15, 0.2) is 0 Å². The predicted molar refractivity (Wildman–Crippen MR) is 99.1 cm³/mol. The van der Waals surface area contributed by atoms with Crippen LogP contribution in [-0.2, 0) is 11.2 Å². The Bertz CT molecular complexity index is 641. The number of carbonyl (C=O) groups is 1. The van der Waals surface area contributed by atoms with Gasteiger partial charge in [0.1, 0.15) is 0 Å². The van der Waals surface area contributed by atoms with E-state index < -0.39 is 0 Å². The van der Waals surface area contributed by atoms with E-state index in [0.717, 1.165) is 32.4 Å².